The normalized spacial score (nSPS) is 14.2. The fourth-order valence-electron chi connectivity index (χ4n) is 2.16. The third-order valence-electron chi connectivity index (χ3n) is 3.35. The Morgan fingerprint density at radius 2 is 1.81 bits per heavy atom. The van der Waals surface area contributed by atoms with Crippen molar-refractivity contribution in [1.82, 2.24) is 10.2 Å². The zero-order chi connectivity index (χ0) is 15.8. The SMILES string of the molecule is Cc1cc(C)cc(OCC(O)CNC(C)CCN(C)C)c1. The lowest BCUT2D eigenvalue weighted by molar-refractivity contribution is 0.103. The van der Waals surface area contributed by atoms with E-state index in [0.717, 1.165) is 18.7 Å². The van der Waals surface area contributed by atoms with Crippen molar-refractivity contribution in [3.05, 3.63) is 29.3 Å². The predicted molar refractivity (Wildman–Crippen MR) is 88.1 cm³/mol. The third-order valence-corrected chi connectivity index (χ3v) is 3.35. The Kier molecular flexibility index (Phi) is 7.72. The van der Waals surface area contributed by atoms with Crippen LogP contribution in [0.3, 0.4) is 0 Å². The summed E-state index contributed by atoms with van der Waals surface area (Å²) in [5, 5.41) is 13.3. The molecule has 0 bridgehead atoms. The van der Waals surface area contributed by atoms with Gasteiger partial charge in [0.1, 0.15) is 18.5 Å². The van der Waals surface area contributed by atoms with Gasteiger partial charge in [-0.05, 0) is 71.1 Å². The first-order valence-electron chi connectivity index (χ1n) is 7.64. The van der Waals surface area contributed by atoms with Crippen LogP contribution in [0.15, 0.2) is 18.2 Å². The minimum Gasteiger partial charge on any atom is -0.491 e. The lowest BCUT2D eigenvalue weighted by Crippen LogP contribution is -2.37. The van der Waals surface area contributed by atoms with E-state index in [9.17, 15) is 5.11 Å². The van der Waals surface area contributed by atoms with E-state index in [1.54, 1.807) is 0 Å². The highest BCUT2D eigenvalue weighted by atomic mass is 16.5. The predicted octanol–water partition coefficient (Wildman–Crippen LogP) is 1.97. The Labute approximate surface area is 129 Å². The second kappa shape index (κ2) is 9.03. The number of hydrogen-bond acceptors (Lipinski definition) is 4. The largest absolute Gasteiger partial charge is 0.491 e. The molecule has 4 nitrogen and oxygen atoms in total. The molecule has 0 radical (unpaired) electrons. The van der Waals surface area contributed by atoms with Crippen LogP contribution in [0.25, 0.3) is 0 Å². The van der Waals surface area contributed by atoms with Gasteiger partial charge in [0.2, 0.25) is 0 Å². The molecule has 0 saturated heterocycles. The number of nitrogens with one attached hydrogen (secondary N) is 1. The fraction of sp³-hybridized carbons (Fsp3) is 0.647. The Morgan fingerprint density at radius 1 is 1.19 bits per heavy atom. The van der Waals surface area contributed by atoms with Crippen LogP contribution >= 0.6 is 0 Å². The highest BCUT2D eigenvalue weighted by molar-refractivity contribution is 5.32. The van der Waals surface area contributed by atoms with Gasteiger partial charge in [-0.25, -0.2) is 0 Å². The molecular weight excluding hydrogens is 264 g/mol. The molecule has 0 aliphatic rings. The van der Waals surface area contributed by atoms with E-state index in [-0.39, 0.29) is 0 Å². The van der Waals surface area contributed by atoms with Crippen molar-refractivity contribution >= 4 is 0 Å². The van der Waals surface area contributed by atoms with Crippen LogP contribution in [0.1, 0.15) is 24.5 Å². The number of nitrogens with zero attached hydrogens (tertiary/aromatic N) is 1. The first-order chi connectivity index (χ1) is 9.86. The summed E-state index contributed by atoms with van der Waals surface area (Å²) in [6.45, 7) is 8.15. The standard InChI is InChI=1S/C17H30N2O2/c1-13-8-14(2)10-17(9-13)21-12-16(20)11-18-15(3)6-7-19(4)5/h8-10,15-16,18,20H,6-7,11-12H2,1-5H3. The third kappa shape index (κ3) is 8.05. The lowest BCUT2D eigenvalue weighted by Gasteiger charge is -2.19. The van der Waals surface area contributed by atoms with Gasteiger partial charge in [-0.15, -0.1) is 0 Å². The van der Waals surface area contributed by atoms with Crippen LogP contribution < -0.4 is 10.1 Å². The summed E-state index contributed by atoms with van der Waals surface area (Å²) >= 11 is 0. The summed E-state index contributed by atoms with van der Waals surface area (Å²) in [6.07, 6.45) is 0.574. The van der Waals surface area contributed by atoms with E-state index in [1.165, 1.54) is 11.1 Å². The molecule has 0 aliphatic heterocycles. The second-order valence-electron chi connectivity index (χ2n) is 6.19. The summed E-state index contributed by atoms with van der Waals surface area (Å²) in [6, 6.07) is 6.49. The summed E-state index contributed by atoms with van der Waals surface area (Å²) in [4.78, 5) is 2.16. The van der Waals surface area contributed by atoms with E-state index >= 15 is 0 Å². The number of aryl methyl sites for hydroxylation is 2. The highest BCUT2D eigenvalue weighted by Crippen LogP contribution is 2.16. The van der Waals surface area contributed by atoms with Crippen molar-refractivity contribution in [2.75, 3.05) is 33.8 Å². The maximum absolute atomic E-state index is 9.98. The van der Waals surface area contributed by atoms with Gasteiger partial charge in [-0.3, -0.25) is 0 Å². The van der Waals surface area contributed by atoms with Crippen LogP contribution in [-0.2, 0) is 0 Å². The molecule has 120 valence electrons. The number of hydrogen-bond donors (Lipinski definition) is 2. The summed E-state index contributed by atoms with van der Waals surface area (Å²) < 4.78 is 5.66. The van der Waals surface area contributed by atoms with E-state index in [0.29, 0.717) is 19.2 Å². The van der Waals surface area contributed by atoms with Gasteiger partial charge in [-0.1, -0.05) is 6.07 Å². The van der Waals surface area contributed by atoms with Crippen molar-refractivity contribution < 1.29 is 9.84 Å². The van der Waals surface area contributed by atoms with E-state index < -0.39 is 6.10 Å². The Bertz CT molecular complexity index is 401. The maximum Gasteiger partial charge on any atom is 0.119 e. The topological polar surface area (TPSA) is 44.7 Å². The zero-order valence-corrected chi connectivity index (χ0v) is 14.0. The van der Waals surface area contributed by atoms with Crippen molar-refractivity contribution in [3.63, 3.8) is 0 Å². The molecule has 0 aromatic heterocycles. The maximum atomic E-state index is 9.98. The molecule has 21 heavy (non-hydrogen) atoms. The van der Waals surface area contributed by atoms with Crippen LogP contribution in [0.5, 0.6) is 5.75 Å². The molecule has 0 saturated carbocycles. The Morgan fingerprint density at radius 3 is 2.38 bits per heavy atom. The molecule has 2 atom stereocenters. The molecule has 0 amide bonds. The van der Waals surface area contributed by atoms with Gasteiger partial charge in [0.05, 0.1) is 0 Å². The number of benzene rings is 1. The van der Waals surface area contributed by atoms with Gasteiger partial charge >= 0.3 is 0 Å². The quantitative estimate of drug-likeness (QED) is 0.731. The van der Waals surface area contributed by atoms with Crippen LogP contribution in [0.2, 0.25) is 0 Å². The van der Waals surface area contributed by atoms with E-state index in [1.807, 2.05) is 26.0 Å². The molecule has 2 N–H and O–H groups in total. The molecule has 1 rings (SSSR count). The Hall–Kier alpha value is -1.10. The molecule has 0 fully saturated rings. The van der Waals surface area contributed by atoms with Gasteiger partial charge in [-0.2, -0.15) is 0 Å². The van der Waals surface area contributed by atoms with Crippen molar-refractivity contribution in [3.8, 4) is 5.75 Å². The molecule has 1 aromatic carbocycles. The highest BCUT2D eigenvalue weighted by Gasteiger charge is 2.08. The van der Waals surface area contributed by atoms with Crippen molar-refractivity contribution in [2.45, 2.75) is 39.3 Å². The van der Waals surface area contributed by atoms with E-state index in [2.05, 4.69) is 37.3 Å². The minimum absolute atomic E-state index is 0.316. The van der Waals surface area contributed by atoms with Gasteiger partial charge < -0.3 is 20.1 Å². The number of ether oxygens (including phenoxy) is 1. The zero-order valence-electron chi connectivity index (χ0n) is 14.0. The summed E-state index contributed by atoms with van der Waals surface area (Å²) in [5.41, 5.74) is 2.35. The summed E-state index contributed by atoms with van der Waals surface area (Å²) in [7, 11) is 4.14. The first kappa shape index (κ1) is 18.0. The molecular formula is C17H30N2O2. The molecule has 0 aliphatic carbocycles. The number of aliphatic hydroxyl groups is 1. The van der Waals surface area contributed by atoms with Crippen LogP contribution in [0, 0.1) is 13.8 Å². The smallest absolute Gasteiger partial charge is 0.119 e. The monoisotopic (exact) mass is 294 g/mol. The molecule has 4 heteroatoms. The lowest BCUT2D eigenvalue weighted by atomic mass is 10.1. The average molecular weight is 294 g/mol. The van der Waals surface area contributed by atoms with Crippen molar-refractivity contribution in [2.24, 2.45) is 0 Å². The van der Waals surface area contributed by atoms with Gasteiger partial charge in [0.15, 0.2) is 0 Å². The number of aliphatic hydroxyl groups excluding tert-OH is 1. The summed E-state index contributed by atoms with van der Waals surface area (Å²) in [5.74, 6) is 0.826. The van der Waals surface area contributed by atoms with Crippen LogP contribution in [0.4, 0.5) is 0 Å². The Balaban J connectivity index is 2.26. The van der Waals surface area contributed by atoms with Gasteiger partial charge in [0.25, 0.3) is 0 Å². The van der Waals surface area contributed by atoms with Crippen molar-refractivity contribution in [1.29, 1.82) is 0 Å². The fourth-order valence-corrected chi connectivity index (χ4v) is 2.16. The molecule has 1 aromatic rings. The number of rotatable bonds is 9. The molecule has 2 unspecified atom stereocenters. The second-order valence-corrected chi connectivity index (χ2v) is 6.19. The van der Waals surface area contributed by atoms with Crippen LogP contribution in [-0.4, -0.2) is 55.9 Å². The molecule has 0 heterocycles. The molecule has 0 spiro atoms. The van der Waals surface area contributed by atoms with E-state index in [4.69, 9.17) is 4.74 Å². The first-order valence-corrected chi connectivity index (χ1v) is 7.64. The minimum atomic E-state index is -0.493. The van der Waals surface area contributed by atoms with Gasteiger partial charge in [0, 0.05) is 12.6 Å². The average Bonchev–Trinajstić information content (AvgIpc) is 2.39.